The smallest absolute Gasteiger partial charge is 0.158 e. The van der Waals surface area contributed by atoms with Crippen LogP contribution >= 0.6 is 0 Å². The van der Waals surface area contributed by atoms with Crippen LogP contribution in [0.4, 0.5) is 0 Å². The van der Waals surface area contributed by atoms with Gasteiger partial charge in [-0.05, 0) is 37.6 Å². The molecule has 2 aromatic rings. The van der Waals surface area contributed by atoms with Crippen molar-refractivity contribution in [1.82, 2.24) is 14.9 Å². The van der Waals surface area contributed by atoms with Crippen LogP contribution in [-0.2, 0) is 11.3 Å². The van der Waals surface area contributed by atoms with Crippen LogP contribution in [0.15, 0.2) is 30.3 Å². The predicted molar refractivity (Wildman–Crippen MR) is 94.5 cm³/mol. The molecule has 1 aromatic carbocycles. The molecule has 0 amide bonds. The third-order valence-corrected chi connectivity index (χ3v) is 4.10. The van der Waals surface area contributed by atoms with Gasteiger partial charge < -0.3 is 14.6 Å². The van der Waals surface area contributed by atoms with Crippen LogP contribution in [0, 0.1) is 13.8 Å². The minimum absolute atomic E-state index is 0.0191. The third kappa shape index (κ3) is 4.98. The summed E-state index contributed by atoms with van der Waals surface area (Å²) in [5.41, 5.74) is 3.12. The highest BCUT2D eigenvalue weighted by Gasteiger charge is 2.24. The maximum absolute atomic E-state index is 8.88. The van der Waals surface area contributed by atoms with E-state index in [-0.39, 0.29) is 12.7 Å². The first-order valence-corrected chi connectivity index (χ1v) is 8.63. The van der Waals surface area contributed by atoms with E-state index in [4.69, 9.17) is 14.6 Å². The van der Waals surface area contributed by atoms with Crippen LogP contribution in [0.5, 0.6) is 5.75 Å². The fraction of sp³-hybridized carbons (Fsp3) is 0.474. The number of ether oxygens (including phenoxy) is 2. The Balaban J connectivity index is 1.65. The minimum Gasteiger partial charge on any atom is -0.491 e. The Bertz CT molecular complexity index is 688. The van der Waals surface area contributed by atoms with Crippen LogP contribution in [0.1, 0.15) is 28.9 Å². The molecule has 1 aromatic heterocycles. The van der Waals surface area contributed by atoms with Gasteiger partial charge in [0.15, 0.2) is 5.82 Å². The van der Waals surface area contributed by atoms with Crippen LogP contribution in [0.25, 0.3) is 0 Å². The van der Waals surface area contributed by atoms with E-state index in [0.29, 0.717) is 13.2 Å². The Morgan fingerprint density at radius 2 is 2.04 bits per heavy atom. The van der Waals surface area contributed by atoms with Gasteiger partial charge in [-0.15, -0.1) is 0 Å². The molecule has 3 rings (SSSR count). The Labute approximate surface area is 148 Å². The van der Waals surface area contributed by atoms with Crippen LogP contribution in [0.3, 0.4) is 0 Å². The lowest BCUT2D eigenvalue weighted by atomic mass is 10.1. The van der Waals surface area contributed by atoms with Crippen molar-refractivity contribution in [3.05, 3.63) is 53.1 Å². The molecule has 0 unspecified atom stereocenters. The monoisotopic (exact) mass is 343 g/mol. The maximum Gasteiger partial charge on any atom is 0.158 e. The van der Waals surface area contributed by atoms with Gasteiger partial charge in [0.05, 0.1) is 13.2 Å². The summed E-state index contributed by atoms with van der Waals surface area (Å²) in [6, 6.07) is 9.97. The number of morpholine rings is 1. The summed E-state index contributed by atoms with van der Waals surface area (Å²) in [5, 5.41) is 8.88. The third-order valence-electron chi connectivity index (χ3n) is 4.10. The van der Waals surface area contributed by atoms with Crippen molar-refractivity contribution in [2.75, 3.05) is 32.9 Å². The highest BCUT2D eigenvalue weighted by atomic mass is 16.5. The highest BCUT2D eigenvalue weighted by Crippen LogP contribution is 2.22. The molecule has 1 N–H and O–H groups in total. The average molecular weight is 343 g/mol. The maximum atomic E-state index is 8.88. The summed E-state index contributed by atoms with van der Waals surface area (Å²) in [6.45, 7) is 7.43. The Kier molecular flexibility index (Phi) is 5.96. The molecule has 1 saturated heterocycles. The molecule has 0 spiro atoms. The number of rotatable bonds is 6. The predicted octanol–water partition coefficient (Wildman–Crippen LogP) is 2.04. The SMILES string of the molecule is Cc1cc(C)nc([C@@H]2CN(Cc3cccc(OCCO)c3)CCO2)n1. The van der Waals surface area contributed by atoms with Crippen molar-refractivity contribution >= 4 is 0 Å². The normalized spacial score (nSPS) is 18.3. The molecular formula is C19H25N3O3. The zero-order valence-corrected chi connectivity index (χ0v) is 14.8. The summed E-state index contributed by atoms with van der Waals surface area (Å²) in [4.78, 5) is 11.4. The second kappa shape index (κ2) is 8.38. The summed E-state index contributed by atoms with van der Waals surface area (Å²) in [7, 11) is 0. The molecule has 6 nitrogen and oxygen atoms in total. The molecule has 0 radical (unpaired) electrons. The molecule has 1 aliphatic heterocycles. The summed E-state index contributed by atoms with van der Waals surface area (Å²) in [6.07, 6.45) is -0.0961. The zero-order valence-electron chi connectivity index (χ0n) is 14.8. The summed E-state index contributed by atoms with van der Waals surface area (Å²) in [5.74, 6) is 1.55. The first kappa shape index (κ1) is 17.8. The molecule has 0 saturated carbocycles. The van der Waals surface area contributed by atoms with E-state index in [1.165, 1.54) is 5.56 Å². The van der Waals surface area contributed by atoms with E-state index < -0.39 is 0 Å². The van der Waals surface area contributed by atoms with Gasteiger partial charge in [-0.2, -0.15) is 0 Å². The molecular weight excluding hydrogens is 318 g/mol. The average Bonchev–Trinajstić information content (AvgIpc) is 2.60. The van der Waals surface area contributed by atoms with E-state index in [9.17, 15) is 0 Å². The first-order chi connectivity index (χ1) is 12.1. The number of aryl methyl sites for hydroxylation is 2. The number of aliphatic hydroxyl groups is 1. The van der Waals surface area contributed by atoms with Crippen LogP contribution in [-0.4, -0.2) is 52.9 Å². The second-order valence-electron chi connectivity index (χ2n) is 6.32. The van der Waals surface area contributed by atoms with E-state index in [0.717, 1.165) is 42.6 Å². The lowest BCUT2D eigenvalue weighted by molar-refractivity contribution is -0.0373. The van der Waals surface area contributed by atoms with Gasteiger partial charge in [0.1, 0.15) is 18.5 Å². The molecule has 0 aliphatic carbocycles. The lowest BCUT2D eigenvalue weighted by Gasteiger charge is -2.32. The molecule has 6 heteroatoms. The van der Waals surface area contributed by atoms with E-state index in [1.807, 2.05) is 38.1 Å². The number of benzene rings is 1. The van der Waals surface area contributed by atoms with Crippen molar-refractivity contribution in [1.29, 1.82) is 0 Å². The number of hydrogen-bond donors (Lipinski definition) is 1. The number of aromatic nitrogens is 2. The highest BCUT2D eigenvalue weighted by molar-refractivity contribution is 5.28. The lowest BCUT2D eigenvalue weighted by Crippen LogP contribution is -2.38. The van der Waals surface area contributed by atoms with Gasteiger partial charge in [0, 0.05) is 31.0 Å². The van der Waals surface area contributed by atoms with Gasteiger partial charge in [0.25, 0.3) is 0 Å². The van der Waals surface area contributed by atoms with E-state index >= 15 is 0 Å². The van der Waals surface area contributed by atoms with Gasteiger partial charge in [0.2, 0.25) is 0 Å². The van der Waals surface area contributed by atoms with Crippen molar-refractivity contribution in [3.8, 4) is 5.75 Å². The second-order valence-corrected chi connectivity index (χ2v) is 6.32. The molecule has 25 heavy (non-hydrogen) atoms. The standard InChI is InChI=1S/C19H25N3O3/c1-14-10-15(2)21-19(20-14)18-13-22(6-8-25-18)12-16-4-3-5-17(11-16)24-9-7-23/h3-5,10-11,18,23H,6-9,12-13H2,1-2H3/t18-/m0/s1. The fourth-order valence-electron chi connectivity index (χ4n) is 3.05. The van der Waals surface area contributed by atoms with E-state index in [1.54, 1.807) is 0 Å². The largest absolute Gasteiger partial charge is 0.491 e. The van der Waals surface area contributed by atoms with Gasteiger partial charge >= 0.3 is 0 Å². The van der Waals surface area contributed by atoms with Crippen molar-refractivity contribution < 1.29 is 14.6 Å². The first-order valence-electron chi connectivity index (χ1n) is 8.63. The van der Waals surface area contributed by atoms with Gasteiger partial charge in [-0.1, -0.05) is 12.1 Å². The summed E-state index contributed by atoms with van der Waals surface area (Å²) < 4.78 is 11.4. The number of nitrogens with zero attached hydrogens (tertiary/aromatic N) is 3. The number of aliphatic hydroxyl groups excluding tert-OH is 1. The molecule has 1 aliphatic rings. The fourth-order valence-corrected chi connectivity index (χ4v) is 3.05. The Morgan fingerprint density at radius 1 is 1.24 bits per heavy atom. The Hall–Kier alpha value is -2.02. The summed E-state index contributed by atoms with van der Waals surface area (Å²) >= 11 is 0. The van der Waals surface area contributed by atoms with Crippen molar-refractivity contribution in [2.24, 2.45) is 0 Å². The van der Waals surface area contributed by atoms with Gasteiger partial charge in [-0.25, -0.2) is 9.97 Å². The Morgan fingerprint density at radius 3 is 2.80 bits per heavy atom. The zero-order chi connectivity index (χ0) is 17.6. The molecule has 134 valence electrons. The minimum atomic E-state index is -0.0961. The van der Waals surface area contributed by atoms with E-state index in [2.05, 4.69) is 20.9 Å². The topological polar surface area (TPSA) is 67.7 Å². The van der Waals surface area contributed by atoms with Crippen LogP contribution in [0.2, 0.25) is 0 Å². The van der Waals surface area contributed by atoms with Gasteiger partial charge in [-0.3, -0.25) is 4.90 Å². The molecule has 0 bridgehead atoms. The van der Waals surface area contributed by atoms with Crippen molar-refractivity contribution in [2.45, 2.75) is 26.5 Å². The number of hydrogen-bond acceptors (Lipinski definition) is 6. The molecule has 1 atom stereocenters. The quantitative estimate of drug-likeness (QED) is 0.866. The molecule has 2 heterocycles. The van der Waals surface area contributed by atoms with Crippen molar-refractivity contribution in [3.63, 3.8) is 0 Å². The molecule has 1 fully saturated rings. The van der Waals surface area contributed by atoms with Crippen LogP contribution < -0.4 is 4.74 Å².